The SMILES string of the molecule is CC(C)(C)OC(=O)NCCC[C@H](N[C@@H](CNC(=O)OCC1c2ccccc2-c2ccccc21)Cc1ccccc1)C(=O)NCc1ccccc1. The molecule has 9 nitrogen and oxygen atoms in total. The first-order valence-electron chi connectivity index (χ1n) is 17.3. The lowest BCUT2D eigenvalue weighted by Gasteiger charge is -2.26. The van der Waals surface area contributed by atoms with E-state index >= 15 is 0 Å². The molecule has 0 radical (unpaired) electrons. The molecule has 0 unspecified atom stereocenters. The summed E-state index contributed by atoms with van der Waals surface area (Å²) in [4.78, 5) is 39.0. The maximum Gasteiger partial charge on any atom is 0.407 e. The highest BCUT2D eigenvalue weighted by atomic mass is 16.6. The molecule has 2 atom stereocenters. The number of rotatable bonds is 15. The third kappa shape index (κ3) is 10.7. The number of amides is 3. The maximum atomic E-state index is 13.6. The van der Waals surface area contributed by atoms with Crippen LogP contribution in [0, 0.1) is 0 Å². The van der Waals surface area contributed by atoms with E-state index in [0.29, 0.717) is 32.4 Å². The topological polar surface area (TPSA) is 118 Å². The van der Waals surface area contributed by atoms with Gasteiger partial charge in [-0.3, -0.25) is 4.79 Å². The number of carbonyl (C=O) groups is 3. The summed E-state index contributed by atoms with van der Waals surface area (Å²) >= 11 is 0. The van der Waals surface area contributed by atoms with Crippen molar-refractivity contribution in [3.8, 4) is 11.1 Å². The van der Waals surface area contributed by atoms with Crippen molar-refractivity contribution >= 4 is 18.1 Å². The Bertz CT molecular complexity index is 1660. The average Bonchev–Trinajstić information content (AvgIpc) is 3.43. The quantitative estimate of drug-likeness (QED) is 0.104. The van der Waals surface area contributed by atoms with Gasteiger partial charge in [0.15, 0.2) is 0 Å². The summed E-state index contributed by atoms with van der Waals surface area (Å²) in [5, 5.41) is 12.3. The molecule has 262 valence electrons. The zero-order valence-corrected chi connectivity index (χ0v) is 29.1. The lowest BCUT2D eigenvalue weighted by molar-refractivity contribution is -0.123. The first-order valence-corrected chi connectivity index (χ1v) is 17.3. The lowest BCUT2D eigenvalue weighted by atomic mass is 9.98. The molecule has 0 aromatic heterocycles. The van der Waals surface area contributed by atoms with Crippen LogP contribution in [-0.4, -0.2) is 55.5 Å². The number of nitrogens with one attached hydrogen (secondary N) is 4. The van der Waals surface area contributed by atoms with Crippen LogP contribution < -0.4 is 21.3 Å². The molecule has 4 aromatic carbocycles. The summed E-state index contributed by atoms with van der Waals surface area (Å²) in [5.41, 5.74) is 6.09. The number of alkyl carbamates (subject to hydrolysis) is 2. The van der Waals surface area contributed by atoms with Crippen LogP contribution in [0.2, 0.25) is 0 Å². The fraction of sp³-hybridized carbons (Fsp3) is 0.341. The fourth-order valence-corrected chi connectivity index (χ4v) is 6.24. The molecule has 50 heavy (non-hydrogen) atoms. The molecule has 4 N–H and O–H groups in total. The minimum atomic E-state index is -0.601. The van der Waals surface area contributed by atoms with Gasteiger partial charge in [0.2, 0.25) is 5.91 Å². The third-order valence-corrected chi connectivity index (χ3v) is 8.56. The summed E-state index contributed by atoms with van der Waals surface area (Å²) in [6.07, 6.45) is 0.548. The molecule has 0 saturated heterocycles. The van der Waals surface area contributed by atoms with Gasteiger partial charge in [-0.2, -0.15) is 0 Å². The van der Waals surface area contributed by atoms with Crippen molar-refractivity contribution in [1.29, 1.82) is 0 Å². The van der Waals surface area contributed by atoms with Crippen LogP contribution in [0.3, 0.4) is 0 Å². The standard InChI is InChI=1S/C41H48N4O5/c1-41(2,3)50-40(48)42-24-14-23-37(38(46)43-26-30-17-8-5-9-18-30)45-31(25-29-15-6-4-7-16-29)27-44-39(47)49-28-36-34-21-12-10-19-32(34)33-20-11-13-22-35(33)36/h4-13,15-22,31,36-37,45H,14,23-28H2,1-3H3,(H,42,48)(H,43,46)(H,44,47)/t31-,37+/m1/s1. The van der Waals surface area contributed by atoms with E-state index in [4.69, 9.17) is 9.47 Å². The molecule has 3 amide bonds. The Morgan fingerprint density at radius 2 is 1.28 bits per heavy atom. The number of hydrogen-bond donors (Lipinski definition) is 4. The fourth-order valence-electron chi connectivity index (χ4n) is 6.24. The van der Waals surface area contributed by atoms with Gasteiger partial charge >= 0.3 is 12.2 Å². The summed E-state index contributed by atoms with van der Waals surface area (Å²) in [5.74, 6) is -0.205. The molecule has 1 aliphatic rings. The molecule has 5 rings (SSSR count). The van der Waals surface area contributed by atoms with Crippen LogP contribution in [-0.2, 0) is 27.2 Å². The number of hydrogen-bond acceptors (Lipinski definition) is 6. The zero-order valence-electron chi connectivity index (χ0n) is 29.1. The summed E-state index contributed by atoms with van der Waals surface area (Å²) in [6.45, 7) is 6.62. The highest BCUT2D eigenvalue weighted by molar-refractivity contribution is 5.82. The van der Waals surface area contributed by atoms with E-state index in [2.05, 4.69) is 45.5 Å². The van der Waals surface area contributed by atoms with Crippen molar-refractivity contribution in [3.63, 3.8) is 0 Å². The van der Waals surface area contributed by atoms with E-state index in [1.165, 1.54) is 11.1 Å². The summed E-state index contributed by atoms with van der Waals surface area (Å²) in [7, 11) is 0. The molecule has 0 bridgehead atoms. The van der Waals surface area contributed by atoms with Crippen LogP contribution in [0.5, 0.6) is 0 Å². The first kappa shape index (κ1) is 36.1. The van der Waals surface area contributed by atoms with E-state index in [-0.39, 0.29) is 31.0 Å². The van der Waals surface area contributed by atoms with E-state index in [1.54, 1.807) is 0 Å². The van der Waals surface area contributed by atoms with Gasteiger partial charge in [-0.05, 0) is 73.4 Å². The van der Waals surface area contributed by atoms with Gasteiger partial charge in [-0.15, -0.1) is 0 Å². The number of benzene rings is 4. The van der Waals surface area contributed by atoms with Crippen LogP contribution in [0.4, 0.5) is 9.59 Å². The molecule has 0 saturated carbocycles. The van der Waals surface area contributed by atoms with E-state index < -0.39 is 23.8 Å². The zero-order chi connectivity index (χ0) is 35.3. The summed E-state index contributed by atoms with van der Waals surface area (Å²) < 4.78 is 11.2. The molecule has 4 aromatic rings. The van der Waals surface area contributed by atoms with E-state index in [0.717, 1.165) is 22.3 Å². The first-order chi connectivity index (χ1) is 24.2. The van der Waals surface area contributed by atoms with Crippen molar-refractivity contribution in [2.45, 2.75) is 70.2 Å². The second-order valence-corrected chi connectivity index (χ2v) is 13.6. The smallest absolute Gasteiger partial charge is 0.407 e. The molecule has 0 aliphatic heterocycles. The van der Waals surface area contributed by atoms with Gasteiger partial charge in [0.25, 0.3) is 0 Å². The van der Waals surface area contributed by atoms with Crippen LogP contribution in [0.15, 0.2) is 109 Å². The molecule has 0 heterocycles. The van der Waals surface area contributed by atoms with Crippen molar-refractivity contribution in [2.75, 3.05) is 19.7 Å². The Kier molecular flexibility index (Phi) is 12.6. The highest BCUT2D eigenvalue weighted by Crippen LogP contribution is 2.44. The average molecular weight is 677 g/mol. The maximum absolute atomic E-state index is 13.6. The van der Waals surface area contributed by atoms with Crippen LogP contribution >= 0.6 is 0 Å². The van der Waals surface area contributed by atoms with Gasteiger partial charge in [-0.25, -0.2) is 9.59 Å². The summed E-state index contributed by atoms with van der Waals surface area (Å²) in [6, 6.07) is 35.3. The Morgan fingerprint density at radius 3 is 1.90 bits per heavy atom. The predicted octanol–water partition coefficient (Wildman–Crippen LogP) is 6.72. The number of ether oxygens (including phenoxy) is 2. The lowest BCUT2D eigenvalue weighted by Crippen LogP contribution is -2.52. The van der Waals surface area contributed by atoms with Crippen molar-refractivity contribution in [2.24, 2.45) is 0 Å². The monoisotopic (exact) mass is 676 g/mol. The molecular weight excluding hydrogens is 628 g/mol. The van der Waals surface area contributed by atoms with Gasteiger partial charge in [-0.1, -0.05) is 109 Å². The minimum Gasteiger partial charge on any atom is -0.449 e. The van der Waals surface area contributed by atoms with Crippen molar-refractivity contribution in [1.82, 2.24) is 21.3 Å². The van der Waals surface area contributed by atoms with Crippen molar-refractivity contribution < 1.29 is 23.9 Å². The Hall–Kier alpha value is -5.15. The second kappa shape index (κ2) is 17.5. The number of fused-ring (bicyclic) bond motifs is 3. The molecule has 9 heteroatoms. The molecule has 0 spiro atoms. The van der Waals surface area contributed by atoms with Gasteiger partial charge in [0.1, 0.15) is 12.2 Å². The molecule has 0 fully saturated rings. The van der Waals surface area contributed by atoms with Gasteiger partial charge < -0.3 is 30.7 Å². The Balaban J connectivity index is 1.22. The Morgan fingerprint density at radius 1 is 0.700 bits per heavy atom. The Labute approximate surface area is 295 Å². The predicted molar refractivity (Wildman–Crippen MR) is 196 cm³/mol. The highest BCUT2D eigenvalue weighted by Gasteiger charge is 2.29. The minimum absolute atomic E-state index is 0.0432. The van der Waals surface area contributed by atoms with Crippen LogP contribution in [0.1, 0.15) is 61.8 Å². The number of carbonyl (C=O) groups excluding carboxylic acids is 3. The van der Waals surface area contributed by atoms with Crippen LogP contribution in [0.25, 0.3) is 11.1 Å². The van der Waals surface area contributed by atoms with E-state index in [1.807, 2.05) is 106 Å². The van der Waals surface area contributed by atoms with Crippen molar-refractivity contribution in [3.05, 3.63) is 131 Å². The normalized spacial score (nSPS) is 13.3. The van der Waals surface area contributed by atoms with Gasteiger partial charge in [0, 0.05) is 31.6 Å². The molecular formula is C41H48N4O5. The van der Waals surface area contributed by atoms with E-state index in [9.17, 15) is 14.4 Å². The molecule has 1 aliphatic carbocycles. The third-order valence-electron chi connectivity index (χ3n) is 8.56. The largest absolute Gasteiger partial charge is 0.449 e. The van der Waals surface area contributed by atoms with Gasteiger partial charge in [0.05, 0.1) is 6.04 Å². The second-order valence-electron chi connectivity index (χ2n) is 13.6.